The first-order chi connectivity index (χ1) is 10.2. The number of fused-ring (bicyclic) bond motifs is 1. The number of carbonyl (C=O) groups is 1. The Balaban J connectivity index is 1.68. The van der Waals surface area contributed by atoms with Crippen LogP contribution < -0.4 is 5.32 Å². The van der Waals surface area contributed by atoms with Crippen molar-refractivity contribution in [2.24, 2.45) is 0 Å². The Bertz CT molecular complexity index is 637. The monoisotopic (exact) mass is 281 g/mol. The highest BCUT2D eigenvalue weighted by Gasteiger charge is 2.16. The van der Waals surface area contributed by atoms with Gasteiger partial charge >= 0.3 is 5.97 Å². The van der Waals surface area contributed by atoms with E-state index in [0.717, 1.165) is 24.1 Å². The standard InChI is InChI=1S/C18H19NO2/c1-13-7-8-15-11-16(9-10-17(15)19-13)18(20)21-12-14-5-3-2-4-6-14/h2-6,9-11,13,19H,7-8,12H2,1H3. The fourth-order valence-corrected chi connectivity index (χ4v) is 2.58. The number of benzene rings is 2. The van der Waals surface area contributed by atoms with Crippen molar-refractivity contribution in [2.45, 2.75) is 32.4 Å². The van der Waals surface area contributed by atoms with Crippen LogP contribution in [0.2, 0.25) is 0 Å². The lowest BCUT2D eigenvalue weighted by atomic mass is 9.97. The third-order valence-corrected chi connectivity index (χ3v) is 3.80. The number of ether oxygens (including phenoxy) is 1. The summed E-state index contributed by atoms with van der Waals surface area (Å²) in [6.07, 6.45) is 2.10. The third kappa shape index (κ3) is 3.24. The summed E-state index contributed by atoms with van der Waals surface area (Å²) in [7, 11) is 0. The molecule has 0 amide bonds. The van der Waals surface area contributed by atoms with Crippen LogP contribution in [-0.4, -0.2) is 12.0 Å². The van der Waals surface area contributed by atoms with Gasteiger partial charge in [0.25, 0.3) is 0 Å². The Labute approximate surface area is 124 Å². The van der Waals surface area contributed by atoms with Crippen molar-refractivity contribution in [2.75, 3.05) is 5.32 Å². The van der Waals surface area contributed by atoms with Crippen LogP contribution in [0.5, 0.6) is 0 Å². The molecule has 0 fully saturated rings. The molecule has 0 aliphatic carbocycles. The molecule has 0 spiro atoms. The smallest absolute Gasteiger partial charge is 0.338 e. The highest BCUT2D eigenvalue weighted by Crippen LogP contribution is 2.26. The van der Waals surface area contributed by atoms with E-state index in [1.807, 2.05) is 48.5 Å². The molecule has 0 aromatic heterocycles. The normalized spacial score (nSPS) is 16.7. The Morgan fingerprint density at radius 1 is 1.24 bits per heavy atom. The molecule has 1 aliphatic heterocycles. The lowest BCUT2D eigenvalue weighted by molar-refractivity contribution is 0.0472. The largest absolute Gasteiger partial charge is 0.457 e. The van der Waals surface area contributed by atoms with Crippen molar-refractivity contribution in [1.29, 1.82) is 0 Å². The predicted molar refractivity (Wildman–Crippen MR) is 83.4 cm³/mol. The molecule has 2 aromatic rings. The van der Waals surface area contributed by atoms with E-state index in [0.29, 0.717) is 18.2 Å². The van der Waals surface area contributed by atoms with Gasteiger partial charge in [0.1, 0.15) is 6.61 Å². The molecule has 3 heteroatoms. The van der Waals surface area contributed by atoms with Gasteiger partial charge in [-0.3, -0.25) is 0 Å². The van der Waals surface area contributed by atoms with Gasteiger partial charge in [0.15, 0.2) is 0 Å². The van der Waals surface area contributed by atoms with Gasteiger partial charge in [-0.05, 0) is 49.1 Å². The molecule has 3 nitrogen and oxygen atoms in total. The predicted octanol–water partition coefficient (Wildman–Crippen LogP) is 3.79. The van der Waals surface area contributed by atoms with Gasteiger partial charge in [-0.1, -0.05) is 30.3 Å². The Morgan fingerprint density at radius 3 is 2.86 bits per heavy atom. The van der Waals surface area contributed by atoms with Crippen molar-refractivity contribution in [1.82, 2.24) is 0 Å². The summed E-state index contributed by atoms with van der Waals surface area (Å²) in [6.45, 7) is 2.48. The van der Waals surface area contributed by atoms with Crippen LogP contribution in [0, 0.1) is 0 Å². The zero-order chi connectivity index (χ0) is 14.7. The third-order valence-electron chi connectivity index (χ3n) is 3.80. The molecule has 1 N–H and O–H groups in total. The maximum absolute atomic E-state index is 12.1. The summed E-state index contributed by atoms with van der Waals surface area (Å²) in [5, 5.41) is 3.43. The first-order valence-electron chi connectivity index (χ1n) is 7.33. The molecule has 3 rings (SSSR count). The van der Waals surface area contributed by atoms with Crippen LogP contribution in [0.15, 0.2) is 48.5 Å². The first kappa shape index (κ1) is 13.7. The topological polar surface area (TPSA) is 38.3 Å². The van der Waals surface area contributed by atoms with E-state index in [4.69, 9.17) is 4.74 Å². The summed E-state index contributed by atoms with van der Waals surface area (Å²) in [4.78, 5) is 12.1. The summed E-state index contributed by atoms with van der Waals surface area (Å²) in [5.74, 6) is -0.264. The van der Waals surface area contributed by atoms with E-state index in [9.17, 15) is 4.79 Å². The summed E-state index contributed by atoms with van der Waals surface area (Å²) < 4.78 is 5.37. The lowest BCUT2D eigenvalue weighted by Crippen LogP contribution is -2.22. The molecular formula is C18H19NO2. The Hall–Kier alpha value is -2.29. The number of carbonyl (C=O) groups excluding carboxylic acids is 1. The van der Waals surface area contributed by atoms with Crippen molar-refractivity contribution in [3.05, 3.63) is 65.2 Å². The molecule has 1 unspecified atom stereocenters. The highest BCUT2D eigenvalue weighted by molar-refractivity contribution is 5.90. The second-order valence-electron chi connectivity index (χ2n) is 5.52. The van der Waals surface area contributed by atoms with Gasteiger partial charge < -0.3 is 10.1 Å². The molecule has 0 saturated carbocycles. The van der Waals surface area contributed by atoms with Crippen LogP contribution in [0.25, 0.3) is 0 Å². The van der Waals surface area contributed by atoms with E-state index in [1.165, 1.54) is 5.56 Å². The number of hydrogen-bond donors (Lipinski definition) is 1. The molecule has 108 valence electrons. The first-order valence-corrected chi connectivity index (χ1v) is 7.33. The van der Waals surface area contributed by atoms with Gasteiger partial charge in [0.2, 0.25) is 0 Å². The molecule has 21 heavy (non-hydrogen) atoms. The molecule has 0 bridgehead atoms. The molecule has 2 aromatic carbocycles. The zero-order valence-electron chi connectivity index (χ0n) is 12.1. The number of nitrogens with one attached hydrogen (secondary N) is 1. The fraction of sp³-hybridized carbons (Fsp3) is 0.278. The average Bonchev–Trinajstić information content (AvgIpc) is 2.53. The van der Waals surface area contributed by atoms with Gasteiger partial charge in [-0.2, -0.15) is 0 Å². The van der Waals surface area contributed by atoms with Gasteiger partial charge in [0, 0.05) is 11.7 Å². The Morgan fingerprint density at radius 2 is 2.05 bits per heavy atom. The minimum atomic E-state index is -0.264. The number of hydrogen-bond acceptors (Lipinski definition) is 3. The zero-order valence-corrected chi connectivity index (χ0v) is 12.1. The molecule has 1 aliphatic rings. The van der Waals surface area contributed by atoms with Gasteiger partial charge in [0.05, 0.1) is 5.56 Å². The number of aryl methyl sites for hydroxylation is 1. The van der Waals surface area contributed by atoms with Crippen molar-refractivity contribution < 1.29 is 9.53 Å². The molecule has 1 atom stereocenters. The van der Waals surface area contributed by atoms with E-state index in [1.54, 1.807) is 0 Å². The van der Waals surface area contributed by atoms with Gasteiger partial charge in [-0.25, -0.2) is 4.79 Å². The summed E-state index contributed by atoms with van der Waals surface area (Å²) in [6, 6.07) is 16.0. The summed E-state index contributed by atoms with van der Waals surface area (Å²) >= 11 is 0. The SMILES string of the molecule is CC1CCc2cc(C(=O)OCc3ccccc3)ccc2N1. The van der Waals surface area contributed by atoms with Crippen molar-refractivity contribution >= 4 is 11.7 Å². The van der Waals surface area contributed by atoms with Gasteiger partial charge in [-0.15, -0.1) is 0 Å². The van der Waals surface area contributed by atoms with Crippen LogP contribution in [0.1, 0.15) is 34.8 Å². The quantitative estimate of drug-likeness (QED) is 0.870. The van der Waals surface area contributed by atoms with E-state index in [-0.39, 0.29) is 5.97 Å². The second kappa shape index (κ2) is 6.00. The molecule has 1 heterocycles. The number of rotatable bonds is 3. The maximum Gasteiger partial charge on any atom is 0.338 e. The van der Waals surface area contributed by atoms with E-state index >= 15 is 0 Å². The number of esters is 1. The van der Waals surface area contributed by atoms with E-state index in [2.05, 4.69) is 12.2 Å². The minimum absolute atomic E-state index is 0.264. The average molecular weight is 281 g/mol. The van der Waals surface area contributed by atoms with Crippen LogP contribution in [0.4, 0.5) is 5.69 Å². The summed E-state index contributed by atoms with van der Waals surface area (Å²) in [5.41, 5.74) is 3.95. The molecule has 0 radical (unpaired) electrons. The van der Waals surface area contributed by atoms with Crippen LogP contribution in [-0.2, 0) is 17.8 Å². The maximum atomic E-state index is 12.1. The van der Waals surface area contributed by atoms with Crippen LogP contribution in [0.3, 0.4) is 0 Å². The van der Waals surface area contributed by atoms with Crippen molar-refractivity contribution in [3.8, 4) is 0 Å². The molecule has 0 saturated heterocycles. The minimum Gasteiger partial charge on any atom is -0.457 e. The fourth-order valence-electron chi connectivity index (χ4n) is 2.58. The Kier molecular flexibility index (Phi) is 3.91. The number of anilines is 1. The van der Waals surface area contributed by atoms with E-state index < -0.39 is 0 Å². The van der Waals surface area contributed by atoms with Crippen molar-refractivity contribution in [3.63, 3.8) is 0 Å². The van der Waals surface area contributed by atoms with Crippen LogP contribution >= 0.6 is 0 Å². The molecular weight excluding hydrogens is 262 g/mol. The second-order valence-corrected chi connectivity index (χ2v) is 5.52. The highest BCUT2D eigenvalue weighted by atomic mass is 16.5. The lowest BCUT2D eigenvalue weighted by Gasteiger charge is -2.24.